The number of nitrogens with zero attached hydrogens (tertiary/aromatic N) is 3. The lowest BCUT2D eigenvalue weighted by molar-refractivity contribution is -0.132. The van der Waals surface area contributed by atoms with E-state index < -0.39 is 6.04 Å². The zero-order valence-electron chi connectivity index (χ0n) is 17.4. The second kappa shape index (κ2) is 8.34. The molecule has 0 fully saturated rings. The summed E-state index contributed by atoms with van der Waals surface area (Å²) in [7, 11) is 1.73. The van der Waals surface area contributed by atoms with Gasteiger partial charge in [0.25, 0.3) is 5.91 Å². The molecule has 1 unspecified atom stereocenters. The van der Waals surface area contributed by atoms with Crippen molar-refractivity contribution in [1.29, 1.82) is 0 Å². The largest absolute Gasteiger partial charge is 0.472 e. The second-order valence-electron chi connectivity index (χ2n) is 7.25. The summed E-state index contributed by atoms with van der Waals surface area (Å²) in [6.45, 7) is 8.08. The first-order valence-electron chi connectivity index (χ1n) is 9.48. The number of aryl methyl sites for hydroxylation is 2. The van der Waals surface area contributed by atoms with Crippen molar-refractivity contribution in [3.05, 3.63) is 70.9 Å². The Bertz CT molecular complexity index is 1020. The number of para-hydroxylation sites is 1. The maximum Gasteiger partial charge on any atom is 0.255 e. The molecule has 0 spiro atoms. The van der Waals surface area contributed by atoms with Crippen LogP contribution in [0.15, 0.2) is 47.3 Å². The van der Waals surface area contributed by atoms with Crippen molar-refractivity contribution in [1.82, 2.24) is 20.0 Å². The Hall–Kier alpha value is -3.35. The predicted molar refractivity (Wildman–Crippen MR) is 110 cm³/mol. The molecule has 2 aromatic heterocycles. The first-order chi connectivity index (χ1) is 13.8. The molecule has 3 rings (SSSR count). The van der Waals surface area contributed by atoms with Gasteiger partial charge in [0.15, 0.2) is 0 Å². The zero-order chi connectivity index (χ0) is 21.1. The van der Waals surface area contributed by atoms with Crippen LogP contribution in [0, 0.1) is 20.8 Å². The highest BCUT2D eigenvalue weighted by molar-refractivity contribution is 5.97. The van der Waals surface area contributed by atoms with Gasteiger partial charge in [0, 0.05) is 24.8 Å². The van der Waals surface area contributed by atoms with Gasteiger partial charge in [-0.2, -0.15) is 5.10 Å². The van der Waals surface area contributed by atoms with Crippen LogP contribution in [0.5, 0.6) is 0 Å². The van der Waals surface area contributed by atoms with Crippen LogP contribution in [0.2, 0.25) is 0 Å². The molecule has 3 aromatic rings. The fourth-order valence-electron chi connectivity index (χ4n) is 3.32. The van der Waals surface area contributed by atoms with E-state index in [1.165, 1.54) is 12.5 Å². The number of benzene rings is 1. The van der Waals surface area contributed by atoms with Gasteiger partial charge < -0.3 is 14.6 Å². The van der Waals surface area contributed by atoms with Gasteiger partial charge in [-0.3, -0.25) is 9.59 Å². The molecule has 0 saturated carbocycles. The summed E-state index contributed by atoms with van der Waals surface area (Å²) in [6, 6.07) is 8.96. The van der Waals surface area contributed by atoms with E-state index in [-0.39, 0.29) is 11.8 Å². The first kappa shape index (κ1) is 20.4. The van der Waals surface area contributed by atoms with E-state index in [9.17, 15) is 9.59 Å². The van der Waals surface area contributed by atoms with Crippen LogP contribution in [0.4, 0.5) is 0 Å². The van der Waals surface area contributed by atoms with Crippen LogP contribution in [0.1, 0.15) is 39.8 Å². The first-order valence-corrected chi connectivity index (χ1v) is 9.48. The smallest absolute Gasteiger partial charge is 0.255 e. The molecule has 2 heterocycles. The monoisotopic (exact) mass is 394 g/mol. The minimum absolute atomic E-state index is 0.177. The average molecular weight is 394 g/mol. The van der Waals surface area contributed by atoms with Crippen LogP contribution in [-0.2, 0) is 11.3 Å². The Kier molecular flexibility index (Phi) is 5.87. The maximum atomic E-state index is 12.8. The van der Waals surface area contributed by atoms with E-state index in [0.29, 0.717) is 12.1 Å². The van der Waals surface area contributed by atoms with Crippen molar-refractivity contribution in [2.24, 2.45) is 0 Å². The predicted octanol–water partition coefficient (Wildman–Crippen LogP) is 3.17. The van der Waals surface area contributed by atoms with E-state index in [0.717, 1.165) is 28.2 Å². The Morgan fingerprint density at radius 3 is 2.59 bits per heavy atom. The van der Waals surface area contributed by atoms with Gasteiger partial charge in [-0.1, -0.05) is 18.2 Å². The molecule has 1 atom stereocenters. The third kappa shape index (κ3) is 4.23. The Morgan fingerprint density at radius 1 is 1.21 bits per heavy atom. The van der Waals surface area contributed by atoms with Crippen molar-refractivity contribution >= 4 is 11.8 Å². The molecule has 7 heteroatoms. The van der Waals surface area contributed by atoms with E-state index in [1.807, 2.05) is 49.7 Å². The van der Waals surface area contributed by atoms with Crippen LogP contribution < -0.4 is 5.32 Å². The number of carbonyl (C=O) groups excluding carboxylic acids is 2. The molecule has 29 heavy (non-hydrogen) atoms. The van der Waals surface area contributed by atoms with Crippen LogP contribution >= 0.6 is 0 Å². The van der Waals surface area contributed by atoms with Gasteiger partial charge in [-0.15, -0.1) is 0 Å². The van der Waals surface area contributed by atoms with Crippen LogP contribution in [-0.4, -0.2) is 39.6 Å². The molecule has 0 aliphatic rings. The number of carbonyl (C=O) groups is 2. The van der Waals surface area contributed by atoms with Crippen LogP contribution in [0.25, 0.3) is 5.69 Å². The van der Waals surface area contributed by atoms with Crippen molar-refractivity contribution < 1.29 is 14.0 Å². The number of aromatic nitrogens is 2. The topological polar surface area (TPSA) is 80.4 Å². The number of hydrogen-bond acceptors (Lipinski definition) is 4. The Labute approximate surface area is 170 Å². The quantitative estimate of drug-likeness (QED) is 0.696. The molecule has 0 radical (unpaired) electrons. The Morgan fingerprint density at radius 2 is 1.93 bits per heavy atom. The summed E-state index contributed by atoms with van der Waals surface area (Å²) in [6.07, 6.45) is 2.77. The molecular formula is C22H26N4O3. The van der Waals surface area contributed by atoms with Gasteiger partial charge in [0.2, 0.25) is 5.91 Å². The minimum atomic E-state index is -0.658. The minimum Gasteiger partial charge on any atom is -0.472 e. The highest BCUT2D eigenvalue weighted by Gasteiger charge is 2.23. The van der Waals surface area contributed by atoms with E-state index in [2.05, 4.69) is 10.4 Å². The van der Waals surface area contributed by atoms with Gasteiger partial charge in [0.05, 0.1) is 23.2 Å². The third-order valence-corrected chi connectivity index (χ3v) is 5.06. The lowest BCUT2D eigenvalue weighted by Crippen LogP contribution is -2.45. The number of rotatable bonds is 6. The van der Waals surface area contributed by atoms with Gasteiger partial charge in [-0.05, 0) is 45.4 Å². The SMILES string of the molecule is Cc1ccccc1-n1nc(C)c(CN(C)C(=O)C(C)NC(=O)c2ccoc2)c1C. The van der Waals surface area contributed by atoms with E-state index in [1.54, 1.807) is 24.9 Å². The van der Waals surface area contributed by atoms with Crippen molar-refractivity contribution in [3.8, 4) is 5.69 Å². The van der Waals surface area contributed by atoms with Gasteiger partial charge in [-0.25, -0.2) is 4.68 Å². The zero-order valence-corrected chi connectivity index (χ0v) is 17.4. The average Bonchev–Trinajstić information content (AvgIpc) is 3.32. The fourth-order valence-corrected chi connectivity index (χ4v) is 3.32. The van der Waals surface area contributed by atoms with Gasteiger partial charge >= 0.3 is 0 Å². The molecule has 2 amide bonds. The molecule has 1 N–H and O–H groups in total. The number of hydrogen-bond donors (Lipinski definition) is 1. The summed E-state index contributed by atoms with van der Waals surface area (Å²) in [5.41, 5.74) is 5.40. The lowest BCUT2D eigenvalue weighted by atomic mass is 10.1. The van der Waals surface area contributed by atoms with Crippen molar-refractivity contribution in [2.75, 3.05) is 7.05 Å². The molecule has 1 aromatic carbocycles. The summed E-state index contributed by atoms with van der Waals surface area (Å²) in [5, 5.41) is 7.38. The molecule has 7 nitrogen and oxygen atoms in total. The molecule has 0 aliphatic carbocycles. The summed E-state index contributed by atoms with van der Waals surface area (Å²) >= 11 is 0. The number of likely N-dealkylation sites (N-methyl/N-ethyl adjacent to an activating group) is 1. The maximum absolute atomic E-state index is 12.8. The van der Waals surface area contributed by atoms with E-state index >= 15 is 0 Å². The molecule has 0 saturated heterocycles. The van der Waals surface area contributed by atoms with Gasteiger partial charge in [0.1, 0.15) is 12.3 Å². The fraction of sp³-hybridized carbons (Fsp3) is 0.318. The Balaban J connectivity index is 1.73. The van der Waals surface area contributed by atoms with Crippen molar-refractivity contribution in [3.63, 3.8) is 0 Å². The molecular weight excluding hydrogens is 368 g/mol. The van der Waals surface area contributed by atoms with Crippen LogP contribution in [0.3, 0.4) is 0 Å². The molecule has 0 bridgehead atoms. The molecule has 152 valence electrons. The summed E-state index contributed by atoms with van der Waals surface area (Å²) in [5.74, 6) is -0.517. The standard InChI is InChI=1S/C22H26N4O3/c1-14-8-6-7-9-20(14)26-17(4)19(15(2)24-26)12-25(5)22(28)16(3)23-21(27)18-10-11-29-13-18/h6-11,13,16H,12H2,1-5H3,(H,23,27). The van der Waals surface area contributed by atoms with E-state index in [4.69, 9.17) is 4.42 Å². The highest BCUT2D eigenvalue weighted by Crippen LogP contribution is 2.21. The third-order valence-electron chi connectivity index (χ3n) is 5.06. The number of furan rings is 1. The summed E-state index contributed by atoms with van der Waals surface area (Å²) in [4.78, 5) is 26.5. The van der Waals surface area contributed by atoms with Crippen molar-refractivity contribution in [2.45, 2.75) is 40.3 Å². The number of nitrogens with one attached hydrogen (secondary N) is 1. The summed E-state index contributed by atoms with van der Waals surface area (Å²) < 4.78 is 6.83. The highest BCUT2D eigenvalue weighted by atomic mass is 16.3. The molecule has 0 aliphatic heterocycles. The normalized spacial score (nSPS) is 11.9. The second-order valence-corrected chi connectivity index (χ2v) is 7.25. The lowest BCUT2D eigenvalue weighted by Gasteiger charge is -2.22. The number of amides is 2.